The molecule has 0 radical (unpaired) electrons. The number of nitrogens with two attached hydrogens (primary N) is 1. The normalized spacial score (nSPS) is 12.2. The fourth-order valence-corrected chi connectivity index (χ4v) is 2.70. The summed E-state index contributed by atoms with van der Waals surface area (Å²) in [5, 5.41) is 0. The van der Waals surface area contributed by atoms with Crippen LogP contribution in [0.25, 0.3) is 0 Å². The van der Waals surface area contributed by atoms with E-state index in [1.54, 1.807) is 0 Å². The van der Waals surface area contributed by atoms with Gasteiger partial charge < -0.3 is 10.5 Å². The number of hydrogen-bond acceptors (Lipinski definition) is 3. The fourth-order valence-electron chi connectivity index (χ4n) is 1.95. The summed E-state index contributed by atoms with van der Waals surface area (Å²) in [7, 11) is 0. The van der Waals surface area contributed by atoms with E-state index in [0.29, 0.717) is 6.61 Å². The van der Waals surface area contributed by atoms with E-state index >= 15 is 0 Å². The first-order valence-electron chi connectivity index (χ1n) is 6.83. The Bertz CT molecular complexity index is 540. The molecule has 0 aliphatic carbocycles. The van der Waals surface area contributed by atoms with Crippen molar-refractivity contribution in [1.29, 1.82) is 0 Å². The minimum atomic E-state index is 0.0661. The second-order valence-corrected chi connectivity index (χ2v) is 5.99. The SMILES string of the molecule is Cc1cc(C(C)N)ccc1OCCSc1ccccc1. The highest BCUT2D eigenvalue weighted by Crippen LogP contribution is 2.23. The predicted molar refractivity (Wildman–Crippen MR) is 86.4 cm³/mol. The third-order valence-electron chi connectivity index (χ3n) is 3.08. The van der Waals surface area contributed by atoms with Gasteiger partial charge in [0.25, 0.3) is 0 Å². The van der Waals surface area contributed by atoms with E-state index in [4.69, 9.17) is 10.5 Å². The van der Waals surface area contributed by atoms with Crippen molar-refractivity contribution < 1.29 is 4.74 Å². The maximum Gasteiger partial charge on any atom is 0.122 e. The van der Waals surface area contributed by atoms with Gasteiger partial charge in [0, 0.05) is 16.7 Å². The summed E-state index contributed by atoms with van der Waals surface area (Å²) in [6, 6.07) is 16.6. The summed E-state index contributed by atoms with van der Waals surface area (Å²) in [6.07, 6.45) is 0. The average Bonchev–Trinajstić information content (AvgIpc) is 2.46. The summed E-state index contributed by atoms with van der Waals surface area (Å²) in [6.45, 7) is 4.76. The van der Waals surface area contributed by atoms with Crippen LogP contribution >= 0.6 is 11.8 Å². The van der Waals surface area contributed by atoms with Crippen LogP contribution in [0, 0.1) is 6.92 Å². The Labute approximate surface area is 125 Å². The number of aryl methyl sites for hydroxylation is 1. The first kappa shape index (κ1) is 14.9. The van der Waals surface area contributed by atoms with Crippen LogP contribution in [-0.4, -0.2) is 12.4 Å². The van der Waals surface area contributed by atoms with Gasteiger partial charge in [-0.25, -0.2) is 0 Å². The predicted octanol–water partition coefficient (Wildman–Crippen LogP) is 4.19. The van der Waals surface area contributed by atoms with Crippen LogP contribution in [0.15, 0.2) is 53.4 Å². The molecule has 0 bridgehead atoms. The molecule has 2 aromatic rings. The lowest BCUT2D eigenvalue weighted by Crippen LogP contribution is -2.06. The molecule has 0 amide bonds. The molecule has 0 saturated heterocycles. The first-order valence-corrected chi connectivity index (χ1v) is 7.82. The Hall–Kier alpha value is -1.45. The third kappa shape index (κ3) is 4.29. The van der Waals surface area contributed by atoms with E-state index in [9.17, 15) is 0 Å². The van der Waals surface area contributed by atoms with Crippen LogP contribution in [-0.2, 0) is 0 Å². The molecule has 2 nitrogen and oxygen atoms in total. The Morgan fingerprint density at radius 3 is 2.55 bits per heavy atom. The van der Waals surface area contributed by atoms with Crippen LogP contribution in [0.1, 0.15) is 24.1 Å². The molecule has 0 aliphatic rings. The second kappa shape index (κ2) is 7.36. The van der Waals surface area contributed by atoms with E-state index in [1.165, 1.54) is 4.90 Å². The molecule has 106 valence electrons. The molecule has 0 fully saturated rings. The maximum atomic E-state index is 5.87. The van der Waals surface area contributed by atoms with E-state index in [1.807, 2.05) is 36.9 Å². The zero-order valence-corrected chi connectivity index (χ0v) is 12.8. The van der Waals surface area contributed by atoms with Gasteiger partial charge in [-0.3, -0.25) is 0 Å². The van der Waals surface area contributed by atoms with E-state index in [0.717, 1.165) is 22.6 Å². The molecule has 0 aliphatic heterocycles. The van der Waals surface area contributed by atoms with Crippen molar-refractivity contribution in [3.63, 3.8) is 0 Å². The molecule has 1 atom stereocenters. The number of hydrogen-bond donors (Lipinski definition) is 1. The molecule has 0 saturated carbocycles. The highest BCUT2D eigenvalue weighted by molar-refractivity contribution is 7.99. The van der Waals surface area contributed by atoms with Crippen molar-refractivity contribution in [1.82, 2.24) is 0 Å². The standard InChI is InChI=1S/C17H21NOS/c1-13-12-15(14(2)18)8-9-17(13)19-10-11-20-16-6-4-3-5-7-16/h3-9,12,14H,10-11,18H2,1-2H3. The second-order valence-electron chi connectivity index (χ2n) is 4.82. The lowest BCUT2D eigenvalue weighted by atomic mass is 10.1. The zero-order chi connectivity index (χ0) is 14.4. The van der Waals surface area contributed by atoms with Crippen molar-refractivity contribution in [2.45, 2.75) is 24.8 Å². The molecule has 0 heterocycles. The Morgan fingerprint density at radius 1 is 1.15 bits per heavy atom. The number of ether oxygens (including phenoxy) is 1. The summed E-state index contributed by atoms with van der Waals surface area (Å²) in [5.41, 5.74) is 8.16. The van der Waals surface area contributed by atoms with Crippen LogP contribution in [0.4, 0.5) is 0 Å². The first-order chi connectivity index (χ1) is 9.66. The highest BCUT2D eigenvalue weighted by atomic mass is 32.2. The number of thioether (sulfide) groups is 1. The van der Waals surface area contributed by atoms with E-state index in [-0.39, 0.29) is 6.04 Å². The monoisotopic (exact) mass is 287 g/mol. The van der Waals surface area contributed by atoms with Crippen molar-refractivity contribution in [2.75, 3.05) is 12.4 Å². The molecular formula is C17H21NOS. The largest absolute Gasteiger partial charge is 0.492 e. The fraction of sp³-hybridized carbons (Fsp3) is 0.294. The molecule has 2 N–H and O–H groups in total. The molecular weight excluding hydrogens is 266 g/mol. The minimum absolute atomic E-state index is 0.0661. The summed E-state index contributed by atoms with van der Waals surface area (Å²) < 4.78 is 5.83. The summed E-state index contributed by atoms with van der Waals surface area (Å²) in [5.74, 6) is 1.89. The Kier molecular flexibility index (Phi) is 5.50. The zero-order valence-electron chi connectivity index (χ0n) is 12.0. The molecule has 0 aromatic heterocycles. The van der Waals surface area contributed by atoms with Gasteiger partial charge in [0.05, 0.1) is 6.61 Å². The quantitative estimate of drug-likeness (QED) is 0.639. The average molecular weight is 287 g/mol. The van der Waals surface area contributed by atoms with Gasteiger partial charge >= 0.3 is 0 Å². The van der Waals surface area contributed by atoms with Crippen LogP contribution in [0.2, 0.25) is 0 Å². The lowest BCUT2D eigenvalue weighted by Gasteiger charge is -2.12. The number of rotatable bonds is 6. The molecule has 2 aromatic carbocycles. The lowest BCUT2D eigenvalue weighted by molar-refractivity contribution is 0.341. The van der Waals surface area contributed by atoms with Crippen LogP contribution in [0.5, 0.6) is 5.75 Å². The molecule has 1 unspecified atom stereocenters. The maximum absolute atomic E-state index is 5.87. The van der Waals surface area contributed by atoms with E-state index in [2.05, 4.69) is 37.3 Å². The van der Waals surface area contributed by atoms with Crippen LogP contribution in [0.3, 0.4) is 0 Å². The van der Waals surface area contributed by atoms with Gasteiger partial charge in [-0.15, -0.1) is 11.8 Å². The Balaban J connectivity index is 1.82. The molecule has 3 heteroatoms. The topological polar surface area (TPSA) is 35.2 Å². The minimum Gasteiger partial charge on any atom is -0.492 e. The highest BCUT2D eigenvalue weighted by Gasteiger charge is 2.04. The third-order valence-corrected chi connectivity index (χ3v) is 4.05. The van der Waals surface area contributed by atoms with Crippen molar-refractivity contribution >= 4 is 11.8 Å². The van der Waals surface area contributed by atoms with Gasteiger partial charge in [-0.2, -0.15) is 0 Å². The summed E-state index contributed by atoms with van der Waals surface area (Å²) in [4.78, 5) is 1.28. The Morgan fingerprint density at radius 2 is 1.90 bits per heavy atom. The van der Waals surface area contributed by atoms with Crippen molar-refractivity contribution in [3.05, 3.63) is 59.7 Å². The van der Waals surface area contributed by atoms with Crippen molar-refractivity contribution in [2.24, 2.45) is 5.73 Å². The van der Waals surface area contributed by atoms with Crippen molar-refractivity contribution in [3.8, 4) is 5.75 Å². The smallest absolute Gasteiger partial charge is 0.122 e. The van der Waals surface area contributed by atoms with Crippen LogP contribution < -0.4 is 10.5 Å². The van der Waals surface area contributed by atoms with Gasteiger partial charge in [0.15, 0.2) is 0 Å². The summed E-state index contributed by atoms with van der Waals surface area (Å²) >= 11 is 1.81. The van der Waals surface area contributed by atoms with Gasteiger partial charge in [0.1, 0.15) is 5.75 Å². The van der Waals surface area contributed by atoms with E-state index < -0.39 is 0 Å². The molecule has 0 spiro atoms. The number of benzene rings is 2. The molecule has 2 rings (SSSR count). The van der Waals surface area contributed by atoms with Gasteiger partial charge in [0.2, 0.25) is 0 Å². The van der Waals surface area contributed by atoms with Gasteiger partial charge in [-0.05, 0) is 43.2 Å². The molecule has 20 heavy (non-hydrogen) atoms. The van der Waals surface area contributed by atoms with Gasteiger partial charge in [-0.1, -0.05) is 30.3 Å².